The topological polar surface area (TPSA) is 27.8 Å². The van der Waals surface area contributed by atoms with E-state index < -0.39 is 0 Å². The van der Waals surface area contributed by atoms with Crippen LogP contribution in [0.15, 0.2) is 18.2 Å². The van der Waals surface area contributed by atoms with Crippen LogP contribution in [0.4, 0.5) is 0 Å². The summed E-state index contributed by atoms with van der Waals surface area (Å²) < 4.78 is 0. The number of fused-ring (bicyclic) bond motifs is 3. The molecule has 0 amide bonds. The van der Waals surface area contributed by atoms with E-state index in [4.69, 9.17) is 0 Å². The van der Waals surface area contributed by atoms with E-state index in [1.807, 2.05) is 0 Å². The summed E-state index contributed by atoms with van der Waals surface area (Å²) in [5.74, 6) is 0.880. The van der Waals surface area contributed by atoms with E-state index in [0.29, 0.717) is 0 Å². The lowest BCUT2D eigenvalue weighted by Gasteiger charge is -2.22. The van der Waals surface area contributed by atoms with E-state index in [-0.39, 0.29) is 0 Å². The van der Waals surface area contributed by atoms with E-state index in [0.717, 1.165) is 5.92 Å². The fourth-order valence-corrected chi connectivity index (χ4v) is 3.84. The average molecular weight is 254 g/mol. The Balaban J connectivity index is 1.63. The first-order valence-electron chi connectivity index (χ1n) is 7.73. The molecule has 0 atom stereocenters. The molecule has 0 radical (unpaired) electrons. The van der Waals surface area contributed by atoms with Gasteiger partial charge >= 0.3 is 0 Å². The molecule has 0 bridgehead atoms. The van der Waals surface area contributed by atoms with Gasteiger partial charge in [-0.1, -0.05) is 6.07 Å². The van der Waals surface area contributed by atoms with Gasteiger partial charge in [0.15, 0.2) is 0 Å². The monoisotopic (exact) mass is 254 g/mol. The summed E-state index contributed by atoms with van der Waals surface area (Å²) in [6.07, 6.45) is 7.78. The van der Waals surface area contributed by atoms with Crippen LogP contribution in [0.25, 0.3) is 10.9 Å². The molecule has 2 aromatic rings. The largest absolute Gasteiger partial charge is 0.358 e. The molecular weight excluding hydrogens is 232 g/mol. The number of hydrogen-bond donors (Lipinski definition) is 2. The van der Waals surface area contributed by atoms with Gasteiger partial charge in [-0.3, -0.25) is 0 Å². The first-order chi connectivity index (χ1) is 9.40. The molecule has 1 saturated heterocycles. The Labute approximate surface area is 114 Å². The van der Waals surface area contributed by atoms with E-state index in [1.165, 1.54) is 73.8 Å². The van der Waals surface area contributed by atoms with Crippen LogP contribution in [0.5, 0.6) is 0 Å². The minimum absolute atomic E-state index is 0.880. The Morgan fingerprint density at radius 1 is 1.11 bits per heavy atom. The number of aromatic amines is 1. The van der Waals surface area contributed by atoms with Gasteiger partial charge in [0.05, 0.1) is 0 Å². The van der Waals surface area contributed by atoms with Crippen molar-refractivity contribution in [3.8, 4) is 0 Å². The van der Waals surface area contributed by atoms with Crippen molar-refractivity contribution in [1.82, 2.24) is 10.3 Å². The number of hydrogen-bond acceptors (Lipinski definition) is 1. The van der Waals surface area contributed by atoms with Crippen LogP contribution >= 0.6 is 0 Å². The van der Waals surface area contributed by atoms with Crippen molar-refractivity contribution < 1.29 is 0 Å². The Morgan fingerprint density at radius 2 is 2.00 bits per heavy atom. The van der Waals surface area contributed by atoms with E-state index >= 15 is 0 Å². The summed E-state index contributed by atoms with van der Waals surface area (Å²) in [5, 5.41) is 4.95. The molecule has 19 heavy (non-hydrogen) atoms. The zero-order chi connectivity index (χ0) is 12.7. The van der Waals surface area contributed by atoms with Crippen molar-refractivity contribution in [1.29, 1.82) is 0 Å². The number of aryl methyl sites for hydroxylation is 2. The molecule has 0 spiro atoms. The fourth-order valence-electron chi connectivity index (χ4n) is 3.84. The predicted octanol–water partition coefficient (Wildman–Crippen LogP) is 3.20. The minimum atomic E-state index is 0.880. The third-order valence-corrected chi connectivity index (χ3v) is 4.90. The molecule has 1 aromatic carbocycles. The molecule has 2 nitrogen and oxygen atoms in total. The van der Waals surface area contributed by atoms with Gasteiger partial charge in [-0.15, -0.1) is 0 Å². The Bertz CT molecular complexity index is 591. The van der Waals surface area contributed by atoms with Crippen molar-refractivity contribution in [2.24, 2.45) is 5.92 Å². The van der Waals surface area contributed by atoms with Gasteiger partial charge in [-0.25, -0.2) is 0 Å². The molecule has 1 aliphatic heterocycles. The standard InChI is InChI=1S/C17H22N2/c1-2-14-15-11-13(10-12-6-8-18-9-7-12)4-5-17(15)19-16(14)3-1/h4-5,11-12,18-19H,1-3,6-10H2. The lowest BCUT2D eigenvalue weighted by molar-refractivity contribution is 0.373. The number of benzene rings is 1. The molecule has 1 aliphatic carbocycles. The van der Waals surface area contributed by atoms with Gasteiger partial charge in [0.25, 0.3) is 0 Å². The zero-order valence-corrected chi connectivity index (χ0v) is 11.5. The number of H-pyrrole nitrogens is 1. The highest BCUT2D eigenvalue weighted by Gasteiger charge is 2.18. The van der Waals surface area contributed by atoms with Crippen LogP contribution in [-0.4, -0.2) is 18.1 Å². The van der Waals surface area contributed by atoms with Crippen LogP contribution in [0.1, 0.15) is 36.1 Å². The SMILES string of the molecule is c1cc2[nH]c3c(c2cc1CC1CCNCC1)CCC3. The summed E-state index contributed by atoms with van der Waals surface area (Å²) in [6, 6.07) is 7.08. The third-order valence-electron chi connectivity index (χ3n) is 4.90. The first kappa shape index (κ1) is 11.5. The van der Waals surface area contributed by atoms with E-state index in [1.54, 1.807) is 5.56 Å². The third kappa shape index (κ3) is 2.08. The average Bonchev–Trinajstić information content (AvgIpc) is 3.01. The van der Waals surface area contributed by atoms with Crippen molar-refractivity contribution >= 4 is 10.9 Å². The van der Waals surface area contributed by atoms with Gasteiger partial charge in [-0.05, 0) is 80.8 Å². The number of piperidine rings is 1. The maximum Gasteiger partial charge on any atom is 0.0459 e. The van der Waals surface area contributed by atoms with Crippen LogP contribution < -0.4 is 5.32 Å². The number of aromatic nitrogens is 1. The van der Waals surface area contributed by atoms with Crippen LogP contribution in [0.2, 0.25) is 0 Å². The quantitative estimate of drug-likeness (QED) is 0.846. The van der Waals surface area contributed by atoms with Crippen LogP contribution in [0.3, 0.4) is 0 Å². The van der Waals surface area contributed by atoms with Crippen LogP contribution in [-0.2, 0) is 19.3 Å². The zero-order valence-electron chi connectivity index (χ0n) is 11.5. The fraction of sp³-hybridized carbons (Fsp3) is 0.529. The predicted molar refractivity (Wildman–Crippen MR) is 79.6 cm³/mol. The van der Waals surface area contributed by atoms with Crippen molar-refractivity contribution in [2.75, 3.05) is 13.1 Å². The lowest BCUT2D eigenvalue weighted by Crippen LogP contribution is -2.28. The summed E-state index contributed by atoms with van der Waals surface area (Å²) >= 11 is 0. The van der Waals surface area contributed by atoms with Gasteiger partial charge < -0.3 is 10.3 Å². The van der Waals surface area contributed by atoms with E-state index in [2.05, 4.69) is 28.5 Å². The molecule has 1 fully saturated rings. The van der Waals surface area contributed by atoms with Gasteiger partial charge in [-0.2, -0.15) is 0 Å². The van der Waals surface area contributed by atoms with Gasteiger partial charge in [0.2, 0.25) is 0 Å². The van der Waals surface area contributed by atoms with Crippen molar-refractivity contribution in [3.05, 3.63) is 35.0 Å². The molecule has 1 aromatic heterocycles. The lowest BCUT2D eigenvalue weighted by atomic mass is 9.90. The van der Waals surface area contributed by atoms with E-state index in [9.17, 15) is 0 Å². The van der Waals surface area contributed by atoms with Crippen molar-refractivity contribution in [3.63, 3.8) is 0 Å². The minimum Gasteiger partial charge on any atom is -0.358 e. The summed E-state index contributed by atoms with van der Waals surface area (Å²) in [4.78, 5) is 3.60. The summed E-state index contributed by atoms with van der Waals surface area (Å²) in [6.45, 7) is 2.40. The van der Waals surface area contributed by atoms with Crippen molar-refractivity contribution in [2.45, 2.75) is 38.5 Å². The molecule has 0 unspecified atom stereocenters. The second kappa shape index (κ2) is 4.68. The molecule has 2 aliphatic rings. The highest BCUT2D eigenvalue weighted by molar-refractivity contribution is 5.85. The van der Waals surface area contributed by atoms with Gasteiger partial charge in [0, 0.05) is 16.6 Å². The first-order valence-corrected chi connectivity index (χ1v) is 7.73. The smallest absolute Gasteiger partial charge is 0.0459 e. The highest BCUT2D eigenvalue weighted by atomic mass is 14.9. The molecule has 4 rings (SSSR count). The Kier molecular flexibility index (Phi) is 2.84. The number of nitrogens with one attached hydrogen (secondary N) is 2. The summed E-state index contributed by atoms with van der Waals surface area (Å²) in [7, 11) is 0. The van der Waals surface area contributed by atoms with Gasteiger partial charge in [0.1, 0.15) is 0 Å². The molecule has 100 valence electrons. The molecule has 0 saturated carbocycles. The Hall–Kier alpha value is -1.28. The Morgan fingerprint density at radius 3 is 2.89 bits per heavy atom. The molecule has 2 heteroatoms. The maximum atomic E-state index is 3.60. The summed E-state index contributed by atoms with van der Waals surface area (Å²) in [5.41, 5.74) is 5.98. The molecular formula is C17H22N2. The normalized spacial score (nSPS) is 20.0. The second-order valence-electron chi connectivity index (χ2n) is 6.21. The second-order valence-corrected chi connectivity index (χ2v) is 6.21. The molecule has 2 heterocycles. The number of rotatable bonds is 2. The molecule has 2 N–H and O–H groups in total. The van der Waals surface area contributed by atoms with Crippen LogP contribution in [0, 0.1) is 5.92 Å². The highest BCUT2D eigenvalue weighted by Crippen LogP contribution is 2.31. The maximum absolute atomic E-state index is 3.60.